The van der Waals surface area contributed by atoms with Crippen LogP contribution in [0.15, 0.2) is 23.1 Å². The topological polar surface area (TPSA) is 107 Å². The van der Waals surface area contributed by atoms with E-state index in [4.69, 9.17) is 5.73 Å². The van der Waals surface area contributed by atoms with Crippen LogP contribution in [0.1, 0.15) is 6.42 Å². The Morgan fingerprint density at radius 1 is 1.50 bits per heavy atom. The highest BCUT2D eigenvalue weighted by atomic mass is 32.2. The maximum atomic E-state index is 13.8. The molecule has 2 N–H and O–H groups in total. The van der Waals surface area contributed by atoms with Crippen LogP contribution in [0, 0.1) is 21.8 Å². The molecule has 1 aromatic carbocycles. The van der Waals surface area contributed by atoms with Gasteiger partial charge in [-0.2, -0.15) is 4.31 Å². The van der Waals surface area contributed by atoms with E-state index in [-0.39, 0.29) is 19.0 Å². The van der Waals surface area contributed by atoms with Gasteiger partial charge in [0, 0.05) is 19.2 Å². The molecule has 1 unspecified atom stereocenters. The van der Waals surface area contributed by atoms with Crippen molar-refractivity contribution in [3.8, 4) is 0 Å². The van der Waals surface area contributed by atoms with Gasteiger partial charge in [0.2, 0.25) is 0 Å². The smallest absolute Gasteiger partial charge is 0.292 e. The number of nitrogens with zero attached hydrogens (tertiary/aromatic N) is 2. The average molecular weight is 303 g/mol. The molecule has 110 valence electrons. The minimum atomic E-state index is -4.23. The highest BCUT2D eigenvalue weighted by Gasteiger charge is 2.38. The Kier molecular flexibility index (Phi) is 4.02. The van der Waals surface area contributed by atoms with Gasteiger partial charge in [0.15, 0.2) is 4.90 Å². The Labute approximate surface area is 115 Å². The summed E-state index contributed by atoms with van der Waals surface area (Å²) in [6.07, 6.45) is 0.567. The second kappa shape index (κ2) is 5.43. The van der Waals surface area contributed by atoms with E-state index in [2.05, 4.69) is 0 Å². The predicted octanol–water partition coefficient (Wildman–Crippen LogP) is 0.703. The lowest BCUT2D eigenvalue weighted by Crippen LogP contribution is -2.31. The van der Waals surface area contributed by atoms with Crippen molar-refractivity contribution in [3.63, 3.8) is 0 Å². The van der Waals surface area contributed by atoms with Gasteiger partial charge in [-0.05, 0) is 24.9 Å². The lowest BCUT2D eigenvalue weighted by molar-refractivity contribution is -0.388. The van der Waals surface area contributed by atoms with Crippen molar-refractivity contribution in [1.29, 1.82) is 0 Å². The van der Waals surface area contributed by atoms with Gasteiger partial charge in [-0.3, -0.25) is 10.1 Å². The molecule has 0 bridgehead atoms. The van der Waals surface area contributed by atoms with Crippen molar-refractivity contribution in [1.82, 2.24) is 4.31 Å². The highest BCUT2D eigenvalue weighted by Crippen LogP contribution is 2.31. The first kappa shape index (κ1) is 14.8. The van der Waals surface area contributed by atoms with Crippen molar-refractivity contribution < 1.29 is 17.7 Å². The molecule has 9 heteroatoms. The minimum absolute atomic E-state index is 0.00407. The number of sulfonamides is 1. The molecule has 1 atom stereocenters. The standard InChI is InChI=1S/C11H14FN3O4S/c12-9-2-1-3-10(15(16)17)11(9)20(18,19)14-5-4-8(6-13)7-14/h1-3,8H,4-7,13H2. The van der Waals surface area contributed by atoms with Crippen LogP contribution >= 0.6 is 0 Å². The van der Waals surface area contributed by atoms with Crippen LogP contribution in [0.2, 0.25) is 0 Å². The molecular weight excluding hydrogens is 289 g/mol. The van der Waals surface area contributed by atoms with Gasteiger partial charge in [0.05, 0.1) is 4.92 Å². The van der Waals surface area contributed by atoms with Crippen molar-refractivity contribution in [2.24, 2.45) is 11.7 Å². The number of rotatable bonds is 4. The molecule has 1 heterocycles. The van der Waals surface area contributed by atoms with Crippen LogP contribution in [-0.2, 0) is 10.0 Å². The second-order valence-electron chi connectivity index (χ2n) is 4.60. The molecule has 0 aromatic heterocycles. The SMILES string of the molecule is NCC1CCN(S(=O)(=O)c2c(F)cccc2[N+](=O)[O-])C1. The Hall–Kier alpha value is -1.58. The fourth-order valence-electron chi connectivity index (χ4n) is 2.23. The molecule has 1 aromatic rings. The molecule has 7 nitrogen and oxygen atoms in total. The number of hydrogen-bond acceptors (Lipinski definition) is 5. The first-order valence-electron chi connectivity index (χ1n) is 6.01. The Balaban J connectivity index is 2.48. The van der Waals surface area contributed by atoms with Gasteiger partial charge in [0.1, 0.15) is 5.82 Å². The van der Waals surface area contributed by atoms with E-state index in [1.165, 1.54) is 0 Å². The molecule has 0 aliphatic carbocycles. The zero-order valence-electron chi connectivity index (χ0n) is 10.5. The van der Waals surface area contributed by atoms with Crippen molar-refractivity contribution >= 4 is 15.7 Å². The zero-order valence-corrected chi connectivity index (χ0v) is 11.3. The van der Waals surface area contributed by atoms with Crippen LogP contribution in [0.25, 0.3) is 0 Å². The van der Waals surface area contributed by atoms with Gasteiger partial charge in [0.25, 0.3) is 15.7 Å². The van der Waals surface area contributed by atoms with E-state index < -0.39 is 31.3 Å². The third-order valence-corrected chi connectivity index (χ3v) is 5.25. The summed E-state index contributed by atoms with van der Waals surface area (Å²) in [6, 6.07) is 2.99. The van der Waals surface area contributed by atoms with Crippen LogP contribution in [0.4, 0.5) is 10.1 Å². The predicted molar refractivity (Wildman–Crippen MR) is 69.0 cm³/mol. The van der Waals surface area contributed by atoms with Crippen LogP contribution in [-0.4, -0.2) is 37.3 Å². The molecule has 1 fully saturated rings. The van der Waals surface area contributed by atoms with Gasteiger partial charge >= 0.3 is 0 Å². The third-order valence-electron chi connectivity index (χ3n) is 3.32. The minimum Gasteiger partial charge on any atom is -0.330 e. The maximum absolute atomic E-state index is 13.8. The van der Waals surface area contributed by atoms with Gasteiger partial charge < -0.3 is 5.73 Å². The molecule has 2 rings (SSSR count). The molecule has 0 amide bonds. The van der Waals surface area contributed by atoms with Crippen molar-refractivity contribution in [2.45, 2.75) is 11.3 Å². The van der Waals surface area contributed by atoms with Gasteiger partial charge in [-0.15, -0.1) is 0 Å². The first-order chi connectivity index (χ1) is 9.37. The number of nitrogens with two attached hydrogens (primary N) is 1. The lowest BCUT2D eigenvalue weighted by Gasteiger charge is -2.16. The van der Waals surface area contributed by atoms with E-state index in [9.17, 15) is 22.9 Å². The third kappa shape index (κ3) is 2.51. The molecule has 0 radical (unpaired) electrons. The first-order valence-corrected chi connectivity index (χ1v) is 7.45. The quantitative estimate of drug-likeness (QED) is 0.651. The van der Waals surface area contributed by atoms with E-state index in [0.29, 0.717) is 13.0 Å². The highest BCUT2D eigenvalue weighted by molar-refractivity contribution is 7.89. The summed E-state index contributed by atoms with van der Waals surface area (Å²) in [5, 5.41) is 10.9. The number of benzene rings is 1. The molecule has 20 heavy (non-hydrogen) atoms. The van der Waals surface area contributed by atoms with Crippen molar-refractivity contribution in [3.05, 3.63) is 34.1 Å². The average Bonchev–Trinajstić information content (AvgIpc) is 2.87. The van der Waals surface area contributed by atoms with Gasteiger partial charge in [-0.25, -0.2) is 12.8 Å². The molecule has 1 saturated heterocycles. The maximum Gasteiger partial charge on any atom is 0.292 e. The summed E-state index contributed by atoms with van der Waals surface area (Å²) in [4.78, 5) is 9.12. The van der Waals surface area contributed by atoms with E-state index >= 15 is 0 Å². The number of hydrogen-bond donors (Lipinski definition) is 1. The summed E-state index contributed by atoms with van der Waals surface area (Å²) in [7, 11) is -4.23. The van der Waals surface area contributed by atoms with E-state index in [1.54, 1.807) is 0 Å². The summed E-state index contributed by atoms with van der Waals surface area (Å²) in [6.45, 7) is 0.672. The van der Waals surface area contributed by atoms with Crippen LogP contribution in [0.3, 0.4) is 0 Å². The zero-order chi connectivity index (χ0) is 14.9. The van der Waals surface area contributed by atoms with Crippen LogP contribution < -0.4 is 5.73 Å². The summed E-state index contributed by atoms with van der Waals surface area (Å²) >= 11 is 0. The van der Waals surface area contributed by atoms with Crippen molar-refractivity contribution in [2.75, 3.05) is 19.6 Å². The lowest BCUT2D eigenvalue weighted by atomic mass is 10.1. The fourth-order valence-corrected chi connectivity index (χ4v) is 3.97. The molecule has 0 spiro atoms. The Morgan fingerprint density at radius 3 is 2.75 bits per heavy atom. The second-order valence-corrected chi connectivity index (χ2v) is 6.47. The largest absolute Gasteiger partial charge is 0.330 e. The van der Waals surface area contributed by atoms with E-state index in [0.717, 1.165) is 22.5 Å². The van der Waals surface area contributed by atoms with E-state index in [1.807, 2.05) is 0 Å². The number of nitro benzene ring substituents is 1. The molecule has 1 aliphatic rings. The monoisotopic (exact) mass is 303 g/mol. The number of halogens is 1. The summed E-state index contributed by atoms with van der Waals surface area (Å²) in [5.74, 6) is -1.12. The summed E-state index contributed by atoms with van der Waals surface area (Å²) in [5.41, 5.74) is 4.73. The molecule has 1 aliphatic heterocycles. The normalized spacial score (nSPS) is 20.2. The molecule has 0 saturated carbocycles. The Bertz CT molecular complexity index is 635. The van der Waals surface area contributed by atoms with Gasteiger partial charge in [-0.1, -0.05) is 6.07 Å². The van der Waals surface area contributed by atoms with Crippen LogP contribution in [0.5, 0.6) is 0 Å². The number of nitro groups is 1. The summed E-state index contributed by atoms with van der Waals surface area (Å²) < 4.78 is 39.6. The molecular formula is C11H14FN3O4S. The Morgan fingerprint density at radius 2 is 2.20 bits per heavy atom. The fraction of sp³-hybridized carbons (Fsp3) is 0.455.